The number of nitrogens with zero attached hydrogens (tertiary/aromatic N) is 1. The van der Waals surface area contributed by atoms with E-state index in [1.54, 1.807) is 11.1 Å². The van der Waals surface area contributed by atoms with Gasteiger partial charge in [0.25, 0.3) is 0 Å². The van der Waals surface area contributed by atoms with Gasteiger partial charge in [-0.2, -0.15) is 0 Å². The average Bonchev–Trinajstić information content (AvgIpc) is 2.84. The summed E-state index contributed by atoms with van der Waals surface area (Å²) in [4.78, 5) is 2.59. The zero-order valence-corrected chi connectivity index (χ0v) is 11.4. The lowest BCUT2D eigenvalue weighted by Crippen LogP contribution is -2.37. The van der Waals surface area contributed by atoms with Crippen LogP contribution < -0.4 is 5.32 Å². The molecule has 0 radical (unpaired) electrons. The van der Waals surface area contributed by atoms with Crippen molar-refractivity contribution in [3.8, 4) is 0 Å². The van der Waals surface area contributed by atoms with Crippen molar-refractivity contribution in [1.82, 2.24) is 10.2 Å². The number of nitrogens with one attached hydrogen (secondary N) is 1. The molecule has 2 atom stereocenters. The molecule has 0 amide bonds. The van der Waals surface area contributed by atoms with Gasteiger partial charge in [-0.25, -0.2) is 0 Å². The summed E-state index contributed by atoms with van der Waals surface area (Å²) in [5, 5.41) is 3.52. The minimum atomic E-state index is 0.656. The van der Waals surface area contributed by atoms with Crippen LogP contribution in [-0.4, -0.2) is 31.6 Å². The molecule has 1 N–H and O–H groups in total. The number of fused-ring (bicyclic) bond motifs is 1. The second kappa shape index (κ2) is 5.41. The third-order valence-electron chi connectivity index (χ3n) is 4.58. The van der Waals surface area contributed by atoms with E-state index in [1.165, 1.54) is 45.3 Å². The molecule has 1 saturated heterocycles. The molecule has 2 heteroatoms. The predicted molar refractivity (Wildman–Crippen MR) is 75.7 cm³/mol. The van der Waals surface area contributed by atoms with Gasteiger partial charge >= 0.3 is 0 Å². The van der Waals surface area contributed by atoms with Crippen LogP contribution in [0.25, 0.3) is 0 Å². The molecule has 1 aliphatic carbocycles. The van der Waals surface area contributed by atoms with Gasteiger partial charge in [0.15, 0.2) is 0 Å². The Morgan fingerprint density at radius 3 is 3.00 bits per heavy atom. The molecule has 0 bridgehead atoms. The molecule has 1 aliphatic heterocycles. The smallest absolute Gasteiger partial charge is 0.0351 e. The van der Waals surface area contributed by atoms with Crippen LogP contribution in [0.5, 0.6) is 0 Å². The van der Waals surface area contributed by atoms with Gasteiger partial charge in [-0.05, 0) is 62.9 Å². The molecule has 0 aromatic heterocycles. The van der Waals surface area contributed by atoms with Crippen molar-refractivity contribution in [2.45, 2.75) is 31.7 Å². The maximum absolute atomic E-state index is 3.52. The maximum Gasteiger partial charge on any atom is 0.0351 e. The lowest BCUT2D eigenvalue weighted by Gasteiger charge is -2.31. The van der Waals surface area contributed by atoms with Crippen molar-refractivity contribution < 1.29 is 0 Å². The Morgan fingerprint density at radius 1 is 1.28 bits per heavy atom. The zero-order chi connectivity index (χ0) is 12.4. The van der Waals surface area contributed by atoms with Gasteiger partial charge in [-0.3, -0.25) is 4.90 Å². The van der Waals surface area contributed by atoms with Crippen LogP contribution in [0.4, 0.5) is 0 Å². The van der Waals surface area contributed by atoms with E-state index in [0.717, 1.165) is 5.92 Å². The minimum Gasteiger partial charge on any atom is -0.316 e. The summed E-state index contributed by atoms with van der Waals surface area (Å²) in [7, 11) is 2.31. The van der Waals surface area contributed by atoms with Crippen LogP contribution in [0.15, 0.2) is 24.3 Å². The highest BCUT2D eigenvalue weighted by Crippen LogP contribution is 2.35. The Hall–Kier alpha value is -0.860. The van der Waals surface area contributed by atoms with Gasteiger partial charge in [0.2, 0.25) is 0 Å². The van der Waals surface area contributed by atoms with Crippen LogP contribution in [0, 0.1) is 5.92 Å². The van der Waals surface area contributed by atoms with Gasteiger partial charge in [-0.15, -0.1) is 0 Å². The molecular formula is C16H24N2. The first-order valence-electron chi connectivity index (χ1n) is 7.33. The fourth-order valence-corrected chi connectivity index (χ4v) is 3.61. The summed E-state index contributed by atoms with van der Waals surface area (Å²) in [5.41, 5.74) is 3.14. The van der Waals surface area contributed by atoms with Crippen LogP contribution in [0.2, 0.25) is 0 Å². The molecular weight excluding hydrogens is 220 g/mol. The van der Waals surface area contributed by atoms with Gasteiger partial charge < -0.3 is 5.32 Å². The minimum absolute atomic E-state index is 0.656. The summed E-state index contributed by atoms with van der Waals surface area (Å²) in [6, 6.07) is 9.64. The highest BCUT2D eigenvalue weighted by Gasteiger charge is 2.27. The highest BCUT2D eigenvalue weighted by atomic mass is 15.1. The molecule has 2 unspecified atom stereocenters. The summed E-state index contributed by atoms with van der Waals surface area (Å²) >= 11 is 0. The average molecular weight is 244 g/mol. The van der Waals surface area contributed by atoms with Crippen LogP contribution >= 0.6 is 0 Å². The largest absolute Gasteiger partial charge is 0.316 e. The summed E-state index contributed by atoms with van der Waals surface area (Å²) in [5.74, 6) is 0.844. The number of rotatable bonds is 3. The van der Waals surface area contributed by atoms with E-state index in [0.29, 0.717) is 6.04 Å². The van der Waals surface area contributed by atoms with Crippen LogP contribution in [-0.2, 0) is 6.42 Å². The normalized spacial score (nSPS) is 27.4. The molecule has 0 saturated carbocycles. The van der Waals surface area contributed by atoms with Crippen molar-refractivity contribution in [3.63, 3.8) is 0 Å². The van der Waals surface area contributed by atoms with E-state index in [1.807, 2.05) is 0 Å². The first kappa shape index (κ1) is 12.2. The highest BCUT2D eigenvalue weighted by molar-refractivity contribution is 5.34. The van der Waals surface area contributed by atoms with Gasteiger partial charge in [-0.1, -0.05) is 24.3 Å². The van der Waals surface area contributed by atoms with Crippen LogP contribution in [0.3, 0.4) is 0 Å². The quantitative estimate of drug-likeness (QED) is 0.879. The molecule has 0 spiro atoms. The third-order valence-corrected chi connectivity index (χ3v) is 4.58. The Bertz CT molecular complexity index is 396. The van der Waals surface area contributed by atoms with E-state index in [4.69, 9.17) is 0 Å². The molecule has 2 aliphatic rings. The van der Waals surface area contributed by atoms with Crippen molar-refractivity contribution >= 4 is 0 Å². The Balaban J connectivity index is 1.64. The number of piperidine rings is 1. The number of benzene rings is 1. The zero-order valence-electron chi connectivity index (χ0n) is 11.4. The Kier molecular flexibility index (Phi) is 3.67. The number of hydrogen-bond donors (Lipinski definition) is 1. The molecule has 1 aromatic rings. The van der Waals surface area contributed by atoms with E-state index in [2.05, 4.69) is 41.5 Å². The molecule has 3 rings (SSSR count). The maximum atomic E-state index is 3.52. The molecule has 98 valence electrons. The Labute approximate surface area is 110 Å². The first-order chi connectivity index (χ1) is 8.84. The van der Waals surface area contributed by atoms with Crippen molar-refractivity contribution in [1.29, 1.82) is 0 Å². The summed E-state index contributed by atoms with van der Waals surface area (Å²) in [6.45, 7) is 3.66. The molecule has 1 aromatic carbocycles. The lowest BCUT2D eigenvalue weighted by molar-refractivity contribution is 0.188. The van der Waals surface area contributed by atoms with Gasteiger partial charge in [0.05, 0.1) is 0 Å². The second-order valence-corrected chi connectivity index (χ2v) is 5.91. The lowest BCUT2D eigenvalue weighted by atomic mass is 9.98. The summed E-state index contributed by atoms with van der Waals surface area (Å²) < 4.78 is 0. The van der Waals surface area contributed by atoms with E-state index in [-0.39, 0.29) is 0 Å². The number of hydrogen-bond acceptors (Lipinski definition) is 2. The van der Waals surface area contributed by atoms with E-state index >= 15 is 0 Å². The second-order valence-electron chi connectivity index (χ2n) is 5.91. The summed E-state index contributed by atoms with van der Waals surface area (Å²) in [6.07, 6.45) is 5.30. The molecule has 18 heavy (non-hydrogen) atoms. The predicted octanol–water partition coefficient (Wildman–Crippen LogP) is 2.61. The molecule has 1 heterocycles. The first-order valence-corrected chi connectivity index (χ1v) is 7.33. The molecule has 2 nitrogen and oxygen atoms in total. The third kappa shape index (κ3) is 2.45. The van der Waals surface area contributed by atoms with Crippen molar-refractivity contribution in [2.75, 3.05) is 26.7 Å². The van der Waals surface area contributed by atoms with Crippen molar-refractivity contribution in [2.24, 2.45) is 5.92 Å². The topological polar surface area (TPSA) is 15.3 Å². The van der Waals surface area contributed by atoms with E-state index < -0.39 is 0 Å². The molecule has 1 fully saturated rings. The van der Waals surface area contributed by atoms with Crippen molar-refractivity contribution in [3.05, 3.63) is 35.4 Å². The van der Waals surface area contributed by atoms with E-state index in [9.17, 15) is 0 Å². The Morgan fingerprint density at radius 2 is 2.17 bits per heavy atom. The monoisotopic (exact) mass is 244 g/mol. The number of aryl methyl sites for hydroxylation is 1. The van der Waals surface area contributed by atoms with Gasteiger partial charge in [0, 0.05) is 12.6 Å². The fraction of sp³-hybridized carbons (Fsp3) is 0.625. The SMILES string of the molecule is CN(CC1CCCNC1)C1CCc2ccccc21. The standard InChI is InChI=1S/C16H24N2/c1-18(12-13-5-4-10-17-11-13)16-9-8-14-6-2-3-7-15(14)16/h2-3,6-7,13,16-17H,4-5,8-12H2,1H3. The van der Waals surface area contributed by atoms with Gasteiger partial charge in [0.1, 0.15) is 0 Å². The van der Waals surface area contributed by atoms with Crippen LogP contribution in [0.1, 0.15) is 36.4 Å². The fourth-order valence-electron chi connectivity index (χ4n) is 3.61.